The van der Waals surface area contributed by atoms with Crippen molar-refractivity contribution in [2.45, 2.75) is 6.42 Å². The Bertz CT molecular complexity index is 659. The Morgan fingerprint density at radius 3 is 2.61 bits per heavy atom. The molecule has 8 heteroatoms. The fourth-order valence-corrected chi connectivity index (χ4v) is 3.31. The average molecular weight is 340 g/mol. The summed E-state index contributed by atoms with van der Waals surface area (Å²) in [7, 11) is 1.65. The van der Waals surface area contributed by atoms with Gasteiger partial charge in [-0.2, -0.15) is 4.37 Å². The minimum atomic E-state index is -0.553. The molecule has 0 radical (unpaired) electrons. The van der Waals surface area contributed by atoms with E-state index >= 15 is 0 Å². The molecule has 0 saturated carbocycles. The fourth-order valence-electron chi connectivity index (χ4n) is 2.54. The molecule has 0 aliphatic carbocycles. The molecule has 5 nitrogen and oxygen atoms in total. The molecule has 0 spiro atoms. The second kappa shape index (κ2) is 7.18. The summed E-state index contributed by atoms with van der Waals surface area (Å²) in [4.78, 5) is 8.58. The first-order valence-corrected chi connectivity index (χ1v) is 8.21. The maximum Gasteiger partial charge on any atom is 0.205 e. The number of nitrogens with zero attached hydrogens (tertiary/aromatic N) is 4. The number of benzene rings is 1. The third-order valence-electron chi connectivity index (χ3n) is 3.79. The largest absolute Gasteiger partial charge is 0.384 e. The standard InChI is InChI=1S/C15H18F2N4OS/c1-22-9-4-14-18-15(23-19-14)21-7-5-20(6-8-21)13-3-2-11(16)10-12(13)17/h2-3,10H,4-9H2,1H3. The lowest BCUT2D eigenvalue weighted by molar-refractivity contribution is 0.201. The monoisotopic (exact) mass is 340 g/mol. The van der Waals surface area contributed by atoms with Crippen LogP contribution < -0.4 is 9.80 Å². The predicted molar refractivity (Wildman–Crippen MR) is 86.3 cm³/mol. The quantitative estimate of drug-likeness (QED) is 0.836. The molecular weight excluding hydrogens is 322 g/mol. The van der Waals surface area contributed by atoms with Crippen LogP contribution in [0.15, 0.2) is 18.2 Å². The van der Waals surface area contributed by atoms with Gasteiger partial charge in [-0.05, 0) is 12.1 Å². The summed E-state index contributed by atoms with van der Waals surface area (Å²) in [6.07, 6.45) is 0.702. The van der Waals surface area contributed by atoms with Crippen LogP contribution in [0.2, 0.25) is 0 Å². The second-order valence-corrected chi connectivity index (χ2v) is 6.04. The number of rotatable bonds is 5. The highest BCUT2D eigenvalue weighted by molar-refractivity contribution is 7.09. The predicted octanol–water partition coefficient (Wildman–Crippen LogP) is 2.33. The Hall–Kier alpha value is -1.80. The van der Waals surface area contributed by atoms with E-state index in [0.717, 1.165) is 30.1 Å². The molecule has 3 rings (SSSR count). The van der Waals surface area contributed by atoms with Crippen molar-refractivity contribution in [3.05, 3.63) is 35.7 Å². The van der Waals surface area contributed by atoms with Crippen LogP contribution in [0.4, 0.5) is 19.6 Å². The van der Waals surface area contributed by atoms with Crippen molar-refractivity contribution in [3.8, 4) is 0 Å². The van der Waals surface area contributed by atoms with Crippen LogP contribution in [0.1, 0.15) is 5.82 Å². The van der Waals surface area contributed by atoms with Crippen molar-refractivity contribution in [2.75, 3.05) is 49.7 Å². The highest BCUT2D eigenvalue weighted by Crippen LogP contribution is 2.24. The van der Waals surface area contributed by atoms with Gasteiger partial charge in [0.05, 0.1) is 12.3 Å². The van der Waals surface area contributed by atoms with E-state index in [1.165, 1.54) is 23.7 Å². The maximum atomic E-state index is 13.8. The molecular formula is C15H18F2N4OS. The Kier molecular flexibility index (Phi) is 5.02. The summed E-state index contributed by atoms with van der Waals surface area (Å²) in [5.74, 6) is -0.280. The van der Waals surface area contributed by atoms with Crippen LogP contribution in [-0.2, 0) is 11.2 Å². The molecule has 0 bridgehead atoms. The minimum absolute atomic E-state index is 0.448. The van der Waals surface area contributed by atoms with Gasteiger partial charge in [0, 0.05) is 57.3 Å². The van der Waals surface area contributed by atoms with Crippen LogP contribution >= 0.6 is 11.5 Å². The van der Waals surface area contributed by atoms with Gasteiger partial charge in [-0.15, -0.1) is 0 Å². The number of piperazine rings is 1. The zero-order chi connectivity index (χ0) is 16.2. The molecule has 2 heterocycles. The number of aromatic nitrogens is 2. The third-order valence-corrected chi connectivity index (χ3v) is 4.60. The molecule has 1 aromatic heterocycles. The van der Waals surface area contributed by atoms with Crippen LogP contribution in [0.25, 0.3) is 0 Å². The first kappa shape index (κ1) is 16.1. The molecule has 1 aliphatic rings. The first-order valence-electron chi connectivity index (χ1n) is 7.44. The lowest BCUT2D eigenvalue weighted by Gasteiger charge is -2.35. The lowest BCUT2D eigenvalue weighted by Crippen LogP contribution is -2.46. The van der Waals surface area contributed by atoms with Gasteiger partial charge in [-0.1, -0.05) is 0 Å². The van der Waals surface area contributed by atoms with Crippen molar-refractivity contribution in [2.24, 2.45) is 0 Å². The van der Waals surface area contributed by atoms with E-state index in [9.17, 15) is 8.78 Å². The Balaban J connectivity index is 1.60. The summed E-state index contributed by atoms with van der Waals surface area (Å²) in [6, 6.07) is 3.71. The van der Waals surface area contributed by atoms with E-state index < -0.39 is 11.6 Å². The minimum Gasteiger partial charge on any atom is -0.384 e. The summed E-state index contributed by atoms with van der Waals surface area (Å²) < 4.78 is 36.2. The molecule has 1 saturated heterocycles. The molecule has 23 heavy (non-hydrogen) atoms. The van der Waals surface area contributed by atoms with E-state index in [1.54, 1.807) is 7.11 Å². The highest BCUT2D eigenvalue weighted by atomic mass is 32.1. The van der Waals surface area contributed by atoms with Crippen molar-refractivity contribution >= 4 is 22.4 Å². The molecule has 0 unspecified atom stereocenters. The molecule has 0 N–H and O–H groups in total. The average Bonchev–Trinajstić information content (AvgIpc) is 3.02. The first-order chi connectivity index (χ1) is 11.2. The van der Waals surface area contributed by atoms with Crippen molar-refractivity contribution in [1.82, 2.24) is 9.36 Å². The van der Waals surface area contributed by atoms with Gasteiger partial charge in [-0.3, -0.25) is 0 Å². The summed E-state index contributed by atoms with van der Waals surface area (Å²) in [5, 5.41) is 0.885. The zero-order valence-corrected chi connectivity index (χ0v) is 13.7. The molecule has 1 aromatic carbocycles. The van der Waals surface area contributed by atoms with Crippen LogP contribution in [0.3, 0.4) is 0 Å². The highest BCUT2D eigenvalue weighted by Gasteiger charge is 2.22. The van der Waals surface area contributed by atoms with Gasteiger partial charge in [0.2, 0.25) is 5.13 Å². The second-order valence-electron chi connectivity index (χ2n) is 5.31. The van der Waals surface area contributed by atoms with Gasteiger partial charge < -0.3 is 14.5 Å². The Labute approximate surface area is 137 Å². The number of anilines is 2. The van der Waals surface area contributed by atoms with E-state index in [0.29, 0.717) is 31.8 Å². The molecule has 0 atom stereocenters. The number of hydrogen-bond donors (Lipinski definition) is 0. The van der Waals surface area contributed by atoms with Gasteiger partial charge in [0.15, 0.2) is 0 Å². The molecule has 1 aliphatic heterocycles. The smallest absolute Gasteiger partial charge is 0.205 e. The van der Waals surface area contributed by atoms with Crippen LogP contribution in [0.5, 0.6) is 0 Å². The molecule has 0 amide bonds. The van der Waals surface area contributed by atoms with E-state index in [2.05, 4.69) is 14.3 Å². The van der Waals surface area contributed by atoms with E-state index in [1.807, 2.05) is 4.90 Å². The number of hydrogen-bond acceptors (Lipinski definition) is 6. The summed E-state index contributed by atoms with van der Waals surface area (Å²) in [6.45, 7) is 3.39. The Morgan fingerprint density at radius 2 is 1.91 bits per heavy atom. The van der Waals surface area contributed by atoms with E-state index in [4.69, 9.17) is 4.74 Å². The van der Waals surface area contributed by atoms with Gasteiger partial charge >= 0.3 is 0 Å². The van der Waals surface area contributed by atoms with Crippen molar-refractivity contribution in [1.29, 1.82) is 0 Å². The summed E-state index contributed by atoms with van der Waals surface area (Å²) in [5.41, 5.74) is 0.448. The number of ether oxygens (including phenoxy) is 1. The molecule has 124 valence electrons. The SMILES string of the molecule is COCCc1nsc(N2CCN(c3ccc(F)cc3F)CC2)n1. The van der Waals surface area contributed by atoms with E-state index in [-0.39, 0.29) is 0 Å². The molecule has 2 aromatic rings. The number of methoxy groups -OCH3 is 1. The molecule has 1 fully saturated rings. The fraction of sp³-hybridized carbons (Fsp3) is 0.467. The normalized spacial score (nSPS) is 15.3. The van der Waals surface area contributed by atoms with Crippen molar-refractivity contribution in [3.63, 3.8) is 0 Å². The summed E-state index contributed by atoms with van der Waals surface area (Å²) >= 11 is 1.38. The third kappa shape index (κ3) is 3.76. The Morgan fingerprint density at radius 1 is 1.17 bits per heavy atom. The maximum absolute atomic E-state index is 13.8. The number of halogens is 2. The van der Waals surface area contributed by atoms with Crippen LogP contribution in [-0.4, -0.2) is 49.3 Å². The van der Waals surface area contributed by atoms with Gasteiger partial charge in [0.25, 0.3) is 0 Å². The van der Waals surface area contributed by atoms with Crippen LogP contribution in [0, 0.1) is 11.6 Å². The zero-order valence-electron chi connectivity index (χ0n) is 12.8. The lowest BCUT2D eigenvalue weighted by atomic mass is 10.2. The topological polar surface area (TPSA) is 41.5 Å². The van der Waals surface area contributed by atoms with Crippen molar-refractivity contribution < 1.29 is 13.5 Å². The van der Waals surface area contributed by atoms with Gasteiger partial charge in [-0.25, -0.2) is 13.8 Å². The van der Waals surface area contributed by atoms with Gasteiger partial charge in [0.1, 0.15) is 17.5 Å².